The number of hydrogen-bond acceptors (Lipinski definition) is 6. The van der Waals surface area contributed by atoms with E-state index in [4.69, 9.17) is 14.2 Å². The quantitative estimate of drug-likeness (QED) is 0.330. The van der Waals surface area contributed by atoms with E-state index in [1.165, 1.54) is 18.2 Å². The summed E-state index contributed by atoms with van der Waals surface area (Å²) in [6, 6.07) is 5.21. The molecule has 1 fully saturated rings. The second-order valence-corrected chi connectivity index (χ2v) is 8.54. The van der Waals surface area contributed by atoms with E-state index < -0.39 is 48.3 Å². The average Bonchev–Trinajstić information content (AvgIpc) is 3.22. The van der Waals surface area contributed by atoms with Gasteiger partial charge in [-0.1, -0.05) is 30.9 Å². The van der Waals surface area contributed by atoms with E-state index in [1.54, 1.807) is 12.2 Å². The molecule has 1 aliphatic carbocycles. The molecule has 4 rings (SSSR count). The molecule has 0 aromatic heterocycles. The van der Waals surface area contributed by atoms with Crippen molar-refractivity contribution in [3.8, 4) is 5.75 Å². The first-order valence-electron chi connectivity index (χ1n) is 10.9. The van der Waals surface area contributed by atoms with Crippen molar-refractivity contribution in [3.63, 3.8) is 0 Å². The Balaban J connectivity index is 1.54. The molecule has 6 nitrogen and oxygen atoms in total. The number of fused-ring (bicyclic) bond motifs is 2. The van der Waals surface area contributed by atoms with Crippen LogP contribution in [-0.4, -0.2) is 36.6 Å². The minimum atomic E-state index is -4.82. The van der Waals surface area contributed by atoms with Crippen LogP contribution in [0.1, 0.15) is 25.3 Å². The lowest BCUT2D eigenvalue weighted by Gasteiger charge is -2.26. The Kier molecular flexibility index (Phi) is 6.60. The van der Waals surface area contributed by atoms with Crippen LogP contribution in [0.3, 0.4) is 0 Å². The van der Waals surface area contributed by atoms with E-state index in [9.17, 15) is 22.8 Å². The van der Waals surface area contributed by atoms with Crippen LogP contribution in [0.4, 0.5) is 13.2 Å². The molecular weight excluding hydrogens is 465 g/mol. The number of rotatable bonds is 4. The maximum atomic E-state index is 12.7. The van der Waals surface area contributed by atoms with Crippen LogP contribution in [0.15, 0.2) is 78.1 Å². The largest absolute Gasteiger partial charge is 0.573 e. The number of carbonyl (C=O) groups is 2. The van der Waals surface area contributed by atoms with Crippen LogP contribution in [0, 0.1) is 5.92 Å². The zero-order valence-corrected chi connectivity index (χ0v) is 18.8. The first-order valence-corrected chi connectivity index (χ1v) is 10.9. The zero-order valence-electron chi connectivity index (χ0n) is 18.8. The third-order valence-electron chi connectivity index (χ3n) is 5.87. The van der Waals surface area contributed by atoms with E-state index in [0.29, 0.717) is 28.9 Å². The maximum Gasteiger partial charge on any atom is 0.573 e. The number of allylic oxidation sites excluding steroid dienone is 1. The molecule has 3 aliphatic rings. The highest BCUT2D eigenvalue weighted by Gasteiger charge is 2.44. The van der Waals surface area contributed by atoms with Crippen molar-refractivity contribution in [2.75, 3.05) is 0 Å². The molecule has 0 spiro atoms. The van der Waals surface area contributed by atoms with Gasteiger partial charge < -0.3 is 18.9 Å². The number of hydrogen-bond donors (Lipinski definition) is 0. The van der Waals surface area contributed by atoms with Gasteiger partial charge in [-0.15, -0.1) is 13.2 Å². The zero-order chi connectivity index (χ0) is 25.3. The van der Waals surface area contributed by atoms with Gasteiger partial charge in [0, 0.05) is 24.5 Å². The van der Waals surface area contributed by atoms with Gasteiger partial charge in [-0.2, -0.15) is 0 Å². The summed E-state index contributed by atoms with van der Waals surface area (Å²) in [6.45, 7) is 9.74. The highest BCUT2D eigenvalue weighted by molar-refractivity contribution is 5.91. The van der Waals surface area contributed by atoms with Gasteiger partial charge in [-0.05, 0) is 48.4 Å². The Morgan fingerprint density at radius 2 is 1.94 bits per heavy atom. The Bertz CT molecular complexity index is 1160. The van der Waals surface area contributed by atoms with Crippen molar-refractivity contribution in [3.05, 3.63) is 83.7 Å². The Morgan fingerprint density at radius 1 is 1.17 bits per heavy atom. The van der Waals surface area contributed by atoms with Gasteiger partial charge >= 0.3 is 18.3 Å². The van der Waals surface area contributed by atoms with E-state index in [2.05, 4.69) is 17.9 Å². The van der Waals surface area contributed by atoms with Crippen molar-refractivity contribution in [1.29, 1.82) is 0 Å². The second kappa shape index (κ2) is 9.48. The van der Waals surface area contributed by atoms with Crippen molar-refractivity contribution in [2.24, 2.45) is 5.92 Å². The fourth-order valence-corrected chi connectivity index (χ4v) is 4.36. The lowest BCUT2D eigenvalue weighted by Crippen LogP contribution is -2.32. The van der Waals surface area contributed by atoms with Crippen LogP contribution < -0.4 is 4.74 Å². The van der Waals surface area contributed by atoms with Crippen molar-refractivity contribution in [2.45, 2.75) is 44.4 Å². The van der Waals surface area contributed by atoms with Crippen LogP contribution in [-0.2, 0) is 23.8 Å². The maximum absolute atomic E-state index is 12.7. The van der Waals surface area contributed by atoms with Gasteiger partial charge in [0.05, 0.1) is 5.92 Å². The van der Waals surface area contributed by atoms with Crippen LogP contribution in [0.2, 0.25) is 0 Å². The minimum Gasteiger partial charge on any atom is -0.490 e. The summed E-state index contributed by atoms with van der Waals surface area (Å²) < 4.78 is 58.3. The molecule has 184 valence electrons. The van der Waals surface area contributed by atoms with Crippen molar-refractivity contribution < 1.29 is 41.7 Å². The average molecular weight is 488 g/mol. The molecule has 9 heteroatoms. The molecule has 0 N–H and O–H groups in total. The number of alkyl halides is 3. The number of halogens is 3. The van der Waals surface area contributed by atoms with Gasteiger partial charge in [-0.3, -0.25) is 0 Å². The predicted octanol–water partition coefficient (Wildman–Crippen LogP) is 5.19. The second-order valence-electron chi connectivity index (χ2n) is 8.54. The third kappa shape index (κ3) is 5.85. The van der Waals surface area contributed by atoms with Crippen molar-refractivity contribution in [1.82, 2.24) is 0 Å². The highest BCUT2D eigenvalue weighted by atomic mass is 19.4. The number of esters is 2. The van der Waals surface area contributed by atoms with Crippen LogP contribution >= 0.6 is 0 Å². The molecule has 1 unspecified atom stereocenters. The van der Waals surface area contributed by atoms with Gasteiger partial charge in [0.1, 0.15) is 29.8 Å². The Hall–Kier alpha value is -3.75. The summed E-state index contributed by atoms with van der Waals surface area (Å²) in [6.07, 6.45) is 0.183. The van der Waals surface area contributed by atoms with E-state index >= 15 is 0 Å². The monoisotopic (exact) mass is 488 g/mol. The first-order chi connectivity index (χ1) is 16.5. The molecule has 1 aromatic carbocycles. The lowest BCUT2D eigenvalue weighted by atomic mass is 9.85. The molecule has 4 atom stereocenters. The summed E-state index contributed by atoms with van der Waals surface area (Å²) in [4.78, 5) is 24.9. The predicted molar refractivity (Wildman–Crippen MR) is 120 cm³/mol. The molecule has 1 aromatic rings. The van der Waals surface area contributed by atoms with Gasteiger partial charge in [-0.25, -0.2) is 9.59 Å². The third-order valence-corrected chi connectivity index (χ3v) is 5.87. The van der Waals surface area contributed by atoms with Gasteiger partial charge in [0.2, 0.25) is 0 Å². The van der Waals surface area contributed by atoms with Crippen molar-refractivity contribution >= 4 is 18.0 Å². The molecule has 35 heavy (non-hydrogen) atoms. The normalized spacial score (nSPS) is 27.9. The number of carbonyl (C=O) groups excluding carboxylic acids is 2. The minimum absolute atomic E-state index is 0.251. The Labute approximate surface area is 200 Å². The van der Waals surface area contributed by atoms with Crippen LogP contribution in [0.25, 0.3) is 6.08 Å². The smallest absolute Gasteiger partial charge is 0.490 e. The van der Waals surface area contributed by atoms with Crippen LogP contribution in [0.5, 0.6) is 5.75 Å². The Morgan fingerprint density at radius 3 is 2.69 bits per heavy atom. The molecule has 1 saturated heterocycles. The topological polar surface area (TPSA) is 71.1 Å². The first kappa shape index (κ1) is 24.4. The SMILES string of the molecule is C=C1OC2CC3=C[C@@H](C/C(C)=C/[C@@H](OC(=O)/C=C/c4cccc(OC(F)(F)F)c4)[C@@H]2C1=C)OC3=O. The molecule has 0 radical (unpaired) electrons. The van der Waals surface area contributed by atoms with Gasteiger partial charge in [0.15, 0.2) is 0 Å². The lowest BCUT2D eigenvalue weighted by molar-refractivity contribution is -0.274. The molecule has 0 saturated carbocycles. The molecule has 2 heterocycles. The molecule has 2 bridgehead atoms. The summed E-state index contributed by atoms with van der Waals surface area (Å²) in [7, 11) is 0. The standard InChI is InChI=1S/C26H23F3O6/c1-14-9-20-12-18(25(31)33-20)13-22-24(15(2)16(3)32-22)21(10-14)34-23(30)8-7-17-5-4-6-19(11-17)35-26(27,28)29/h4-8,10-12,20-22,24H,2-3,9,13H2,1H3/b8-7+,14-10+/t20-,21-,22?,24+/m1/s1. The van der Waals surface area contributed by atoms with Gasteiger partial charge in [0.25, 0.3) is 0 Å². The molecule has 2 aliphatic heterocycles. The number of ether oxygens (including phenoxy) is 4. The summed E-state index contributed by atoms with van der Waals surface area (Å²) >= 11 is 0. The highest BCUT2D eigenvalue weighted by Crippen LogP contribution is 2.41. The fourth-order valence-electron chi connectivity index (χ4n) is 4.36. The van der Waals surface area contributed by atoms with E-state index in [0.717, 1.165) is 23.8 Å². The number of benzene rings is 1. The van der Waals surface area contributed by atoms with E-state index in [1.807, 2.05) is 6.92 Å². The fraction of sp³-hybridized carbons (Fsp3) is 0.308. The summed E-state index contributed by atoms with van der Waals surface area (Å²) in [5.41, 5.74) is 2.21. The summed E-state index contributed by atoms with van der Waals surface area (Å²) in [5.74, 6) is -1.64. The van der Waals surface area contributed by atoms with E-state index in [-0.39, 0.29) is 6.42 Å². The summed E-state index contributed by atoms with van der Waals surface area (Å²) in [5, 5.41) is 0. The molecular formula is C26H23F3O6. The molecule has 0 amide bonds.